The molecule has 0 spiro atoms. The maximum Gasteiger partial charge on any atom is 0.223 e. The molecule has 1 aromatic heterocycles. The van der Waals surface area contributed by atoms with Crippen molar-refractivity contribution in [3.8, 4) is 0 Å². The molecule has 0 aliphatic carbocycles. The van der Waals surface area contributed by atoms with Crippen LogP contribution in [0.4, 0.5) is 0 Å². The second kappa shape index (κ2) is 7.62. The maximum absolute atomic E-state index is 12.2. The Hall–Kier alpha value is -1.85. The molecule has 1 heterocycles. The molecule has 5 nitrogen and oxygen atoms in total. The van der Waals surface area contributed by atoms with E-state index in [1.54, 1.807) is 24.3 Å². The van der Waals surface area contributed by atoms with Gasteiger partial charge >= 0.3 is 0 Å². The van der Waals surface area contributed by atoms with Crippen LogP contribution in [0.2, 0.25) is 5.02 Å². The number of nitrogens with one attached hydrogen (secondary N) is 2. The molecule has 0 saturated carbocycles. The van der Waals surface area contributed by atoms with E-state index in [1.807, 2.05) is 20.8 Å². The lowest BCUT2D eigenvalue weighted by molar-refractivity contribution is -0.124. The number of H-pyrrole nitrogens is 1. The zero-order valence-electron chi connectivity index (χ0n) is 13.6. The summed E-state index contributed by atoms with van der Waals surface area (Å²) >= 11 is 6.04. The van der Waals surface area contributed by atoms with Crippen molar-refractivity contribution in [1.29, 1.82) is 0 Å². The predicted molar refractivity (Wildman–Crippen MR) is 90.4 cm³/mol. The van der Waals surface area contributed by atoms with Crippen molar-refractivity contribution in [2.45, 2.75) is 33.3 Å². The van der Waals surface area contributed by atoms with E-state index in [0.717, 1.165) is 17.0 Å². The lowest BCUT2D eigenvalue weighted by Crippen LogP contribution is -2.33. The Morgan fingerprint density at radius 3 is 2.70 bits per heavy atom. The number of hydrogen-bond acceptors (Lipinski definition) is 3. The van der Waals surface area contributed by atoms with Crippen LogP contribution in [0.5, 0.6) is 0 Å². The van der Waals surface area contributed by atoms with Gasteiger partial charge in [-0.1, -0.05) is 36.7 Å². The third-order valence-electron chi connectivity index (χ3n) is 3.97. The fraction of sp³-hybridized carbons (Fsp3) is 0.412. The first-order valence-electron chi connectivity index (χ1n) is 7.60. The SMILES string of the molecule is Cc1n[nH]c(C)c1CC(C)C(=O)NCC(O)c1ccccc1Cl. The molecule has 124 valence electrons. The number of nitrogens with zero attached hydrogens (tertiary/aromatic N) is 1. The average molecular weight is 336 g/mol. The average Bonchev–Trinajstić information content (AvgIpc) is 2.84. The quantitative estimate of drug-likeness (QED) is 0.759. The topological polar surface area (TPSA) is 78.0 Å². The molecule has 1 amide bonds. The van der Waals surface area contributed by atoms with Crippen LogP contribution in [0, 0.1) is 19.8 Å². The minimum absolute atomic E-state index is 0.101. The van der Waals surface area contributed by atoms with Crippen LogP contribution in [0.1, 0.15) is 35.5 Å². The number of hydrogen-bond donors (Lipinski definition) is 3. The minimum atomic E-state index is -0.822. The molecular weight excluding hydrogens is 314 g/mol. The van der Waals surface area contributed by atoms with E-state index in [2.05, 4.69) is 15.5 Å². The molecule has 0 aliphatic heterocycles. The molecule has 0 bridgehead atoms. The molecule has 0 radical (unpaired) electrons. The van der Waals surface area contributed by atoms with E-state index in [1.165, 1.54) is 0 Å². The van der Waals surface area contributed by atoms with Gasteiger partial charge in [0.25, 0.3) is 0 Å². The van der Waals surface area contributed by atoms with Crippen molar-refractivity contribution in [3.63, 3.8) is 0 Å². The molecule has 0 saturated heterocycles. The number of aliphatic hydroxyl groups excluding tert-OH is 1. The summed E-state index contributed by atoms with van der Waals surface area (Å²) in [4.78, 5) is 12.2. The largest absolute Gasteiger partial charge is 0.387 e. The molecular formula is C17H22ClN3O2. The molecule has 0 aliphatic rings. The van der Waals surface area contributed by atoms with Crippen molar-refractivity contribution in [2.24, 2.45) is 5.92 Å². The van der Waals surface area contributed by atoms with Crippen LogP contribution in [0.3, 0.4) is 0 Å². The maximum atomic E-state index is 12.2. The second-order valence-electron chi connectivity index (χ2n) is 5.80. The van der Waals surface area contributed by atoms with Crippen LogP contribution in [-0.4, -0.2) is 27.8 Å². The summed E-state index contributed by atoms with van der Waals surface area (Å²) in [5.74, 6) is -0.306. The Labute approximate surface area is 141 Å². The summed E-state index contributed by atoms with van der Waals surface area (Å²) in [6, 6.07) is 7.07. The van der Waals surface area contributed by atoms with E-state index < -0.39 is 6.10 Å². The molecule has 1 aromatic carbocycles. The van der Waals surface area contributed by atoms with Gasteiger partial charge in [0.05, 0.1) is 11.8 Å². The van der Waals surface area contributed by atoms with Crippen LogP contribution >= 0.6 is 11.6 Å². The Kier molecular flexibility index (Phi) is 5.80. The van der Waals surface area contributed by atoms with Gasteiger partial charge in [-0.2, -0.15) is 5.10 Å². The molecule has 2 rings (SSSR count). The van der Waals surface area contributed by atoms with Crippen LogP contribution < -0.4 is 5.32 Å². The fourth-order valence-electron chi connectivity index (χ4n) is 2.50. The molecule has 6 heteroatoms. The number of rotatable bonds is 6. The van der Waals surface area contributed by atoms with Gasteiger partial charge in [0.2, 0.25) is 5.91 Å². The van der Waals surface area contributed by atoms with Crippen molar-refractivity contribution >= 4 is 17.5 Å². The van der Waals surface area contributed by atoms with Gasteiger partial charge in [0, 0.05) is 28.7 Å². The molecule has 0 fully saturated rings. The number of benzene rings is 1. The smallest absolute Gasteiger partial charge is 0.223 e. The summed E-state index contributed by atoms with van der Waals surface area (Å²) in [6.07, 6.45) is -0.209. The van der Waals surface area contributed by atoms with Gasteiger partial charge in [0.1, 0.15) is 0 Å². The first kappa shape index (κ1) is 17.5. The fourth-order valence-corrected chi connectivity index (χ4v) is 2.76. The number of amides is 1. The number of aromatic nitrogens is 2. The Morgan fingerprint density at radius 2 is 2.09 bits per heavy atom. The molecule has 2 atom stereocenters. The number of aromatic amines is 1. The summed E-state index contributed by atoms with van der Waals surface area (Å²) in [6.45, 7) is 5.87. The van der Waals surface area contributed by atoms with E-state index in [-0.39, 0.29) is 18.4 Å². The van der Waals surface area contributed by atoms with E-state index >= 15 is 0 Å². The highest BCUT2D eigenvalue weighted by Gasteiger charge is 2.19. The summed E-state index contributed by atoms with van der Waals surface area (Å²) < 4.78 is 0. The normalized spacial score (nSPS) is 13.6. The van der Waals surface area contributed by atoms with E-state index in [4.69, 9.17) is 11.6 Å². The molecule has 2 aromatic rings. The first-order valence-corrected chi connectivity index (χ1v) is 7.98. The van der Waals surface area contributed by atoms with Gasteiger partial charge < -0.3 is 10.4 Å². The Morgan fingerprint density at radius 1 is 1.39 bits per heavy atom. The van der Waals surface area contributed by atoms with Gasteiger partial charge in [-0.25, -0.2) is 0 Å². The summed E-state index contributed by atoms with van der Waals surface area (Å²) in [5, 5.41) is 20.5. The third-order valence-corrected chi connectivity index (χ3v) is 4.32. The van der Waals surface area contributed by atoms with Gasteiger partial charge in [-0.3, -0.25) is 9.89 Å². The lowest BCUT2D eigenvalue weighted by atomic mass is 9.99. The van der Waals surface area contributed by atoms with E-state index in [0.29, 0.717) is 17.0 Å². The number of carbonyl (C=O) groups is 1. The van der Waals surface area contributed by atoms with Gasteiger partial charge in [0.15, 0.2) is 0 Å². The Bertz CT molecular complexity index is 665. The highest BCUT2D eigenvalue weighted by atomic mass is 35.5. The molecule has 2 unspecified atom stereocenters. The van der Waals surface area contributed by atoms with Crippen LogP contribution in [-0.2, 0) is 11.2 Å². The molecule has 23 heavy (non-hydrogen) atoms. The number of aryl methyl sites for hydroxylation is 2. The second-order valence-corrected chi connectivity index (χ2v) is 6.21. The third kappa shape index (κ3) is 4.33. The number of aliphatic hydroxyl groups is 1. The lowest BCUT2D eigenvalue weighted by Gasteiger charge is -2.16. The zero-order valence-corrected chi connectivity index (χ0v) is 14.3. The van der Waals surface area contributed by atoms with Crippen molar-refractivity contribution in [3.05, 3.63) is 51.8 Å². The monoisotopic (exact) mass is 335 g/mol. The number of carbonyl (C=O) groups excluding carboxylic acids is 1. The Balaban J connectivity index is 1.90. The van der Waals surface area contributed by atoms with Gasteiger partial charge in [-0.05, 0) is 31.9 Å². The summed E-state index contributed by atoms with van der Waals surface area (Å²) in [7, 11) is 0. The highest BCUT2D eigenvalue weighted by molar-refractivity contribution is 6.31. The highest BCUT2D eigenvalue weighted by Crippen LogP contribution is 2.22. The van der Waals surface area contributed by atoms with Crippen molar-refractivity contribution in [1.82, 2.24) is 15.5 Å². The zero-order chi connectivity index (χ0) is 17.0. The minimum Gasteiger partial charge on any atom is -0.387 e. The van der Waals surface area contributed by atoms with Crippen molar-refractivity contribution in [2.75, 3.05) is 6.54 Å². The summed E-state index contributed by atoms with van der Waals surface area (Å²) in [5.41, 5.74) is 3.58. The van der Waals surface area contributed by atoms with Crippen LogP contribution in [0.15, 0.2) is 24.3 Å². The van der Waals surface area contributed by atoms with E-state index in [9.17, 15) is 9.90 Å². The first-order chi connectivity index (χ1) is 10.9. The number of halogens is 1. The van der Waals surface area contributed by atoms with Crippen LogP contribution in [0.25, 0.3) is 0 Å². The predicted octanol–water partition coefficient (Wildman–Crippen LogP) is 2.71. The van der Waals surface area contributed by atoms with Gasteiger partial charge in [-0.15, -0.1) is 0 Å². The molecule has 3 N–H and O–H groups in total. The standard InChI is InChI=1S/C17H22ClN3O2/c1-10(8-14-11(2)20-21-12(14)3)17(23)19-9-16(22)13-6-4-5-7-15(13)18/h4-7,10,16,22H,8-9H2,1-3H3,(H,19,23)(H,20,21). The van der Waals surface area contributed by atoms with Crippen molar-refractivity contribution < 1.29 is 9.90 Å².